The summed E-state index contributed by atoms with van der Waals surface area (Å²) in [6, 6.07) is 12.0. The molecular weight excluding hydrogens is 449 g/mol. The molecule has 0 aliphatic rings. The fourth-order valence-corrected chi connectivity index (χ4v) is 2.97. The van der Waals surface area contributed by atoms with Crippen molar-refractivity contribution in [2.75, 3.05) is 23.5 Å². The van der Waals surface area contributed by atoms with Crippen molar-refractivity contribution in [1.29, 1.82) is 0 Å². The lowest BCUT2D eigenvalue weighted by Crippen LogP contribution is -2.20. The summed E-state index contributed by atoms with van der Waals surface area (Å²) in [7, 11) is 1.55. The van der Waals surface area contributed by atoms with Gasteiger partial charge in [-0.2, -0.15) is 0 Å². The highest BCUT2D eigenvalue weighted by atomic mass is 19.1. The molecule has 0 saturated carbocycles. The van der Waals surface area contributed by atoms with Gasteiger partial charge in [-0.3, -0.25) is 4.99 Å². The van der Waals surface area contributed by atoms with Crippen molar-refractivity contribution in [3.05, 3.63) is 71.8 Å². The van der Waals surface area contributed by atoms with Crippen molar-refractivity contribution in [3.63, 3.8) is 0 Å². The van der Waals surface area contributed by atoms with Crippen molar-refractivity contribution >= 4 is 40.8 Å². The number of nitrogens with two attached hydrogens (primary N) is 2. The van der Waals surface area contributed by atoms with E-state index in [0.29, 0.717) is 28.3 Å². The highest BCUT2D eigenvalue weighted by Crippen LogP contribution is 2.26. The third-order valence-electron chi connectivity index (χ3n) is 4.69. The topological polar surface area (TPSA) is 141 Å². The Morgan fingerprint density at radius 3 is 2.46 bits per heavy atom. The molecule has 0 bridgehead atoms. The first-order valence-corrected chi connectivity index (χ1v) is 10.7. The van der Waals surface area contributed by atoms with Crippen LogP contribution in [-0.4, -0.2) is 34.9 Å². The van der Waals surface area contributed by atoms with Crippen LogP contribution in [0.2, 0.25) is 0 Å². The maximum atomic E-state index is 14.6. The van der Waals surface area contributed by atoms with Crippen molar-refractivity contribution in [3.8, 4) is 5.75 Å². The number of urea groups is 1. The summed E-state index contributed by atoms with van der Waals surface area (Å²) in [4.78, 5) is 25.1. The summed E-state index contributed by atoms with van der Waals surface area (Å²) in [6.07, 6.45) is 3.09. The summed E-state index contributed by atoms with van der Waals surface area (Å²) in [6.45, 7) is 5.80. The third kappa shape index (κ3) is 7.00. The molecule has 1 aromatic heterocycles. The van der Waals surface area contributed by atoms with Crippen molar-refractivity contribution in [1.82, 2.24) is 9.97 Å². The fourth-order valence-electron chi connectivity index (χ4n) is 2.97. The lowest BCUT2D eigenvalue weighted by Gasteiger charge is -2.15. The molecule has 182 valence electrons. The molecular formula is C25H28FN7O2. The maximum Gasteiger partial charge on any atom is 0.323 e. The Labute approximate surface area is 203 Å². The summed E-state index contributed by atoms with van der Waals surface area (Å²) < 4.78 is 19.7. The van der Waals surface area contributed by atoms with Crippen LogP contribution in [0.1, 0.15) is 32.0 Å². The number of ether oxygens (including phenoxy) is 1. The predicted octanol–water partition coefficient (Wildman–Crippen LogP) is 4.55. The molecule has 0 atom stereocenters. The number of aromatic nitrogens is 2. The van der Waals surface area contributed by atoms with Gasteiger partial charge in [0.2, 0.25) is 5.95 Å². The van der Waals surface area contributed by atoms with Crippen LogP contribution in [-0.2, 0) is 0 Å². The van der Waals surface area contributed by atoms with Gasteiger partial charge < -0.3 is 26.8 Å². The number of carbonyl (C=O) groups is 1. The molecule has 0 aliphatic carbocycles. The summed E-state index contributed by atoms with van der Waals surface area (Å²) in [5, 5.41) is 5.18. The first-order valence-electron chi connectivity index (χ1n) is 10.7. The quantitative estimate of drug-likeness (QED) is 0.384. The minimum atomic E-state index is -0.615. The van der Waals surface area contributed by atoms with E-state index in [1.165, 1.54) is 18.3 Å². The lowest BCUT2D eigenvalue weighted by molar-refractivity contribution is 0.262. The number of nitrogens with one attached hydrogen (secondary N) is 2. The van der Waals surface area contributed by atoms with Gasteiger partial charge in [-0.1, -0.05) is 6.07 Å². The minimum Gasteiger partial charge on any atom is -0.497 e. The monoisotopic (exact) mass is 477 g/mol. The van der Waals surface area contributed by atoms with Gasteiger partial charge in [0.05, 0.1) is 29.7 Å². The first kappa shape index (κ1) is 25.2. The van der Waals surface area contributed by atoms with E-state index in [9.17, 15) is 9.18 Å². The number of halogens is 1. The second kappa shape index (κ2) is 10.6. The number of nitrogens with zero attached hydrogens (tertiary/aromatic N) is 3. The third-order valence-corrected chi connectivity index (χ3v) is 4.69. The van der Waals surface area contributed by atoms with E-state index >= 15 is 0 Å². The van der Waals surface area contributed by atoms with E-state index in [1.807, 2.05) is 20.8 Å². The van der Waals surface area contributed by atoms with E-state index in [-0.39, 0.29) is 17.3 Å². The number of nitrogen functional groups attached to an aromatic ring is 1. The van der Waals surface area contributed by atoms with Gasteiger partial charge in [0.15, 0.2) is 0 Å². The Balaban J connectivity index is 1.95. The number of aliphatic imine (C=N–C) groups is 1. The van der Waals surface area contributed by atoms with E-state index in [1.54, 1.807) is 49.7 Å². The molecule has 9 nitrogen and oxygen atoms in total. The molecule has 3 aromatic rings. The van der Waals surface area contributed by atoms with E-state index < -0.39 is 17.4 Å². The number of anilines is 3. The predicted molar refractivity (Wildman–Crippen MR) is 138 cm³/mol. The maximum absolute atomic E-state index is 14.6. The second-order valence-corrected chi connectivity index (χ2v) is 8.56. The van der Waals surface area contributed by atoms with Crippen molar-refractivity contribution < 1.29 is 13.9 Å². The number of hydrogen-bond acceptors (Lipinski definition) is 7. The highest BCUT2D eigenvalue weighted by molar-refractivity contribution is 6.19. The molecule has 2 aromatic carbocycles. The number of rotatable bonds is 6. The number of benzene rings is 2. The normalized spacial score (nSPS) is 12.3. The standard InChI is InChI=1S/C25H28FN7O2/c1-25(2,3)30-14-18(22(27)20-11-12-29-23(28)32-20)15-5-10-19(26)21(13-15)33-24(34)31-16-6-8-17(35-4)9-7-16/h5-14H,27H2,1-4H3,(H2,28,29,32)(H2,31,33,34). The lowest BCUT2D eigenvalue weighted by atomic mass is 10.0. The van der Waals surface area contributed by atoms with Crippen LogP contribution < -0.4 is 26.8 Å². The molecule has 10 heteroatoms. The Morgan fingerprint density at radius 1 is 1.11 bits per heavy atom. The van der Waals surface area contributed by atoms with Crippen molar-refractivity contribution in [2.24, 2.45) is 10.7 Å². The Kier molecular flexibility index (Phi) is 7.65. The minimum absolute atomic E-state index is 0.0369. The van der Waals surface area contributed by atoms with Crippen LogP contribution >= 0.6 is 0 Å². The number of carbonyl (C=O) groups excluding carboxylic acids is 1. The average Bonchev–Trinajstić information content (AvgIpc) is 2.80. The van der Waals surface area contributed by atoms with Crippen LogP contribution in [0.25, 0.3) is 11.3 Å². The Hall–Kier alpha value is -4.47. The second-order valence-electron chi connectivity index (χ2n) is 8.56. The van der Waals surface area contributed by atoms with Gasteiger partial charge in [-0.15, -0.1) is 0 Å². The molecule has 0 unspecified atom stereocenters. The van der Waals surface area contributed by atoms with Gasteiger partial charge in [0.25, 0.3) is 0 Å². The van der Waals surface area contributed by atoms with Gasteiger partial charge in [0.1, 0.15) is 11.6 Å². The van der Waals surface area contributed by atoms with Crippen LogP contribution in [0.4, 0.5) is 26.5 Å². The highest BCUT2D eigenvalue weighted by Gasteiger charge is 2.15. The zero-order valence-electron chi connectivity index (χ0n) is 20.0. The molecule has 0 spiro atoms. The summed E-state index contributed by atoms with van der Waals surface area (Å²) >= 11 is 0. The molecule has 6 N–H and O–H groups in total. The van der Waals surface area contributed by atoms with Gasteiger partial charge in [0, 0.05) is 23.7 Å². The molecule has 3 rings (SSSR count). The van der Waals surface area contributed by atoms with Crippen LogP contribution in [0.3, 0.4) is 0 Å². The SMILES string of the molecule is COc1ccc(NC(=O)Nc2cc(C(C=NC(C)(C)C)=C(N)c3ccnc(N)n3)ccc2F)cc1. The van der Waals surface area contributed by atoms with Gasteiger partial charge in [-0.05, 0) is 68.8 Å². The summed E-state index contributed by atoms with van der Waals surface area (Å²) in [5.41, 5.74) is 13.9. The van der Waals surface area contributed by atoms with Crippen LogP contribution in [0.5, 0.6) is 5.75 Å². The number of hydrogen-bond donors (Lipinski definition) is 4. The van der Waals surface area contributed by atoms with Crippen molar-refractivity contribution in [2.45, 2.75) is 26.3 Å². The summed E-state index contributed by atoms with van der Waals surface area (Å²) in [5.74, 6) is 0.0961. The van der Waals surface area contributed by atoms with E-state index in [4.69, 9.17) is 16.2 Å². The molecule has 0 fully saturated rings. The van der Waals surface area contributed by atoms with Crippen LogP contribution in [0, 0.1) is 5.82 Å². The van der Waals surface area contributed by atoms with Crippen LogP contribution in [0.15, 0.2) is 59.7 Å². The Bertz CT molecular complexity index is 1270. The zero-order chi connectivity index (χ0) is 25.6. The molecule has 0 saturated heterocycles. The molecule has 1 heterocycles. The molecule has 0 radical (unpaired) electrons. The fraction of sp³-hybridized carbons (Fsp3) is 0.200. The average molecular weight is 478 g/mol. The van der Waals surface area contributed by atoms with E-state index in [2.05, 4.69) is 25.6 Å². The molecule has 35 heavy (non-hydrogen) atoms. The number of methoxy groups -OCH3 is 1. The smallest absolute Gasteiger partial charge is 0.323 e. The first-order chi connectivity index (χ1) is 16.6. The zero-order valence-corrected chi connectivity index (χ0v) is 20.0. The van der Waals surface area contributed by atoms with Gasteiger partial charge >= 0.3 is 6.03 Å². The molecule has 2 amide bonds. The van der Waals surface area contributed by atoms with Gasteiger partial charge in [-0.25, -0.2) is 19.2 Å². The number of allylic oxidation sites excluding steroid dienone is 1. The molecule has 0 aliphatic heterocycles. The Morgan fingerprint density at radius 2 is 1.83 bits per heavy atom. The van der Waals surface area contributed by atoms with E-state index in [0.717, 1.165) is 0 Å². The largest absolute Gasteiger partial charge is 0.497 e. The number of amides is 2.